The predicted octanol–water partition coefficient (Wildman–Crippen LogP) is 1.78. The molecule has 0 aliphatic carbocycles. The summed E-state index contributed by atoms with van der Waals surface area (Å²) in [6.45, 7) is 4.59. The number of sulfonamides is 1. The molecule has 82 valence electrons. The maximum Gasteiger partial charge on any atom is 0.240 e. The molecule has 1 aliphatic heterocycles. The topological polar surface area (TPSA) is 46.2 Å². The highest BCUT2D eigenvalue weighted by atomic mass is 32.2. The van der Waals surface area contributed by atoms with Crippen molar-refractivity contribution in [1.29, 1.82) is 0 Å². The molecule has 1 aromatic rings. The van der Waals surface area contributed by atoms with E-state index in [1.165, 1.54) is 0 Å². The highest BCUT2D eigenvalue weighted by molar-refractivity contribution is 7.89. The van der Waals surface area contributed by atoms with Gasteiger partial charge in [-0.3, -0.25) is 0 Å². The molecular weight excluding hydrogens is 210 g/mol. The first-order valence-electron chi connectivity index (χ1n) is 5.15. The Morgan fingerprint density at radius 1 is 1.47 bits per heavy atom. The second kappa shape index (κ2) is 3.61. The van der Waals surface area contributed by atoms with E-state index < -0.39 is 10.0 Å². The fraction of sp³-hybridized carbons (Fsp3) is 0.455. The zero-order chi connectivity index (χ0) is 11.1. The Hall–Kier alpha value is -0.870. The Bertz CT molecular complexity index is 479. The van der Waals surface area contributed by atoms with E-state index in [9.17, 15) is 8.42 Å². The van der Waals surface area contributed by atoms with Crippen molar-refractivity contribution in [2.24, 2.45) is 0 Å². The average molecular weight is 225 g/mol. The Morgan fingerprint density at radius 2 is 2.20 bits per heavy atom. The van der Waals surface area contributed by atoms with Crippen molar-refractivity contribution >= 4 is 10.0 Å². The van der Waals surface area contributed by atoms with Crippen LogP contribution in [0.1, 0.15) is 30.4 Å². The molecule has 15 heavy (non-hydrogen) atoms. The minimum Gasteiger partial charge on any atom is -0.211 e. The number of rotatable bonds is 1. The van der Waals surface area contributed by atoms with Gasteiger partial charge in [-0.2, -0.15) is 0 Å². The number of nitrogens with one attached hydrogen (secondary N) is 1. The normalized spacial score (nSPS) is 23.5. The average Bonchev–Trinajstić information content (AvgIpc) is 2.17. The molecule has 0 spiro atoms. The molecule has 1 aliphatic rings. The molecule has 1 aromatic carbocycles. The second-order valence-corrected chi connectivity index (χ2v) is 5.73. The lowest BCUT2D eigenvalue weighted by Crippen LogP contribution is -2.34. The molecule has 2 rings (SSSR count). The summed E-state index contributed by atoms with van der Waals surface area (Å²) in [6.07, 6.45) is 0.957. The minimum absolute atomic E-state index is 0.309. The summed E-state index contributed by atoms with van der Waals surface area (Å²) in [6, 6.07) is 5.53. The van der Waals surface area contributed by atoms with Crippen molar-refractivity contribution in [1.82, 2.24) is 4.72 Å². The van der Waals surface area contributed by atoms with Crippen LogP contribution in [0.2, 0.25) is 0 Å². The van der Waals surface area contributed by atoms with Gasteiger partial charge in [0.05, 0.1) is 4.90 Å². The lowest BCUT2D eigenvalue weighted by Gasteiger charge is -2.25. The standard InChI is InChI=1S/C11H15NO2S/c1-3-9-7-12-15(13,14)11-5-4-8(2)6-10(9)11/h4-6,9,12H,3,7H2,1-2H3. The van der Waals surface area contributed by atoms with E-state index in [1.54, 1.807) is 6.07 Å². The Balaban J connectivity index is 2.64. The van der Waals surface area contributed by atoms with Crippen molar-refractivity contribution < 1.29 is 8.42 Å². The summed E-state index contributed by atoms with van der Waals surface area (Å²) in [4.78, 5) is 0.450. The van der Waals surface area contributed by atoms with Crippen LogP contribution in [0.15, 0.2) is 23.1 Å². The molecule has 0 radical (unpaired) electrons. The van der Waals surface area contributed by atoms with Crippen LogP contribution in [0, 0.1) is 6.92 Å². The highest BCUT2D eigenvalue weighted by Gasteiger charge is 2.28. The third kappa shape index (κ3) is 1.79. The van der Waals surface area contributed by atoms with Crippen LogP contribution in [-0.4, -0.2) is 15.0 Å². The number of fused-ring (bicyclic) bond motifs is 1. The smallest absolute Gasteiger partial charge is 0.211 e. The Kier molecular flexibility index (Phi) is 2.56. The fourth-order valence-corrected chi connectivity index (χ4v) is 3.35. The van der Waals surface area contributed by atoms with Crippen LogP contribution in [-0.2, 0) is 10.0 Å². The monoisotopic (exact) mass is 225 g/mol. The molecular formula is C11H15NO2S. The molecule has 0 saturated carbocycles. The molecule has 1 unspecified atom stereocenters. The molecule has 0 aromatic heterocycles. The van der Waals surface area contributed by atoms with Gasteiger partial charge in [0.2, 0.25) is 10.0 Å². The van der Waals surface area contributed by atoms with Crippen LogP contribution in [0.5, 0.6) is 0 Å². The van der Waals surface area contributed by atoms with E-state index in [2.05, 4.69) is 11.6 Å². The number of hydrogen-bond acceptors (Lipinski definition) is 2. The van der Waals surface area contributed by atoms with Crippen molar-refractivity contribution in [3.05, 3.63) is 29.3 Å². The summed E-state index contributed by atoms with van der Waals surface area (Å²) >= 11 is 0. The highest BCUT2D eigenvalue weighted by Crippen LogP contribution is 2.30. The molecule has 3 nitrogen and oxygen atoms in total. The van der Waals surface area contributed by atoms with Gasteiger partial charge in [-0.05, 0) is 30.9 Å². The van der Waals surface area contributed by atoms with Crippen LogP contribution in [0.3, 0.4) is 0 Å². The largest absolute Gasteiger partial charge is 0.240 e. The summed E-state index contributed by atoms with van der Waals surface area (Å²) < 4.78 is 26.1. The molecule has 1 atom stereocenters. The predicted molar refractivity (Wildman–Crippen MR) is 59.4 cm³/mol. The quantitative estimate of drug-likeness (QED) is 0.792. The maximum atomic E-state index is 11.7. The van der Waals surface area contributed by atoms with Crippen LogP contribution in [0.25, 0.3) is 0 Å². The van der Waals surface area contributed by atoms with Gasteiger partial charge in [0.15, 0.2) is 0 Å². The molecule has 0 bridgehead atoms. The van der Waals surface area contributed by atoms with E-state index in [0.29, 0.717) is 17.4 Å². The Labute approximate surface area is 90.6 Å². The van der Waals surface area contributed by atoms with E-state index >= 15 is 0 Å². The van der Waals surface area contributed by atoms with Gasteiger partial charge >= 0.3 is 0 Å². The van der Waals surface area contributed by atoms with Crippen molar-refractivity contribution in [2.45, 2.75) is 31.1 Å². The van der Waals surface area contributed by atoms with Crippen LogP contribution in [0.4, 0.5) is 0 Å². The van der Waals surface area contributed by atoms with Crippen LogP contribution >= 0.6 is 0 Å². The number of benzene rings is 1. The lowest BCUT2D eigenvalue weighted by atomic mass is 9.95. The zero-order valence-corrected chi connectivity index (χ0v) is 9.76. The van der Waals surface area contributed by atoms with Crippen molar-refractivity contribution in [3.8, 4) is 0 Å². The third-order valence-corrected chi connectivity index (χ3v) is 4.40. The van der Waals surface area contributed by atoms with Gasteiger partial charge in [-0.25, -0.2) is 13.1 Å². The van der Waals surface area contributed by atoms with Crippen molar-refractivity contribution in [2.75, 3.05) is 6.54 Å². The van der Waals surface area contributed by atoms with Gasteiger partial charge in [0, 0.05) is 6.54 Å². The number of hydrogen-bond donors (Lipinski definition) is 1. The minimum atomic E-state index is -3.25. The third-order valence-electron chi connectivity index (χ3n) is 2.91. The molecule has 0 amide bonds. The molecule has 0 fully saturated rings. The zero-order valence-electron chi connectivity index (χ0n) is 8.95. The first-order valence-corrected chi connectivity index (χ1v) is 6.63. The van der Waals surface area contributed by atoms with E-state index in [0.717, 1.165) is 17.5 Å². The summed E-state index contributed by atoms with van der Waals surface area (Å²) in [5.74, 6) is 0.309. The van der Waals surface area contributed by atoms with Gasteiger partial charge < -0.3 is 0 Å². The van der Waals surface area contributed by atoms with Crippen molar-refractivity contribution in [3.63, 3.8) is 0 Å². The van der Waals surface area contributed by atoms with Gasteiger partial charge in [0.25, 0.3) is 0 Å². The first-order chi connectivity index (χ1) is 7.04. The van der Waals surface area contributed by atoms with Crippen LogP contribution < -0.4 is 4.72 Å². The van der Waals surface area contributed by atoms with E-state index in [-0.39, 0.29) is 0 Å². The number of aryl methyl sites for hydroxylation is 1. The fourth-order valence-electron chi connectivity index (χ4n) is 1.99. The summed E-state index contributed by atoms with van der Waals surface area (Å²) in [5, 5.41) is 0. The molecule has 1 heterocycles. The second-order valence-electron chi connectivity index (χ2n) is 4.00. The lowest BCUT2D eigenvalue weighted by molar-refractivity contribution is 0.544. The molecule has 4 heteroatoms. The maximum absolute atomic E-state index is 11.7. The SMILES string of the molecule is CCC1CNS(=O)(=O)c2ccc(C)cc21. The summed E-state index contributed by atoms with van der Waals surface area (Å²) in [5.41, 5.74) is 2.08. The Morgan fingerprint density at radius 3 is 2.87 bits per heavy atom. The molecule has 1 N–H and O–H groups in total. The van der Waals surface area contributed by atoms with E-state index in [1.807, 2.05) is 19.1 Å². The first kappa shape index (κ1) is 10.6. The van der Waals surface area contributed by atoms with Gasteiger partial charge in [0.1, 0.15) is 0 Å². The summed E-state index contributed by atoms with van der Waals surface area (Å²) in [7, 11) is -3.25. The van der Waals surface area contributed by atoms with E-state index in [4.69, 9.17) is 0 Å². The molecule has 0 saturated heterocycles. The van der Waals surface area contributed by atoms with Gasteiger partial charge in [-0.1, -0.05) is 24.6 Å². The van der Waals surface area contributed by atoms with Gasteiger partial charge in [-0.15, -0.1) is 0 Å².